The molecule has 1 amide bonds. The van der Waals surface area contributed by atoms with Gasteiger partial charge in [-0.05, 0) is 63.2 Å². The van der Waals surface area contributed by atoms with Crippen LogP contribution in [0.1, 0.15) is 47.4 Å². The summed E-state index contributed by atoms with van der Waals surface area (Å²) < 4.78 is 53.9. The lowest BCUT2D eigenvalue weighted by atomic mass is 10.1. The number of nitrogens with zero attached hydrogens (tertiary/aromatic N) is 3. The standard InChI is InChI=1S/C28H26ClF3N4O4/c1-27(2,3)40-25(38)21-23(34-26(35(4)5)36(21)18-9-7-6-8-10-18)33-24(37)19-15-20(39-22(19)28(30,31)32)16-11-13-17(29)14-12-16/h6-15H,1-5H3,(H,33,37). The summed E-state index contributed by atoms with van der Waals surface area (Å²) in [6, 6.07) is 15.6. The molecule has 1 N–H and O–H groups in total. The zero-order chi connectivity index (χ0) is 29.4. The highest BCUT2D eigenvalue weighted by Crippen LogP contribution is 2.38. The molecule has 0 saturated heterocycles. The lowest BCUT2D eigenvalue weighted by Gasteiger charge is -2.21. The number of imidazole rings is 1. The topological polar surface area (TPSA) is 89.6 Å². The van der Waals surface area contributed by atoms with Crippen molar-refractivity contribution in [2.75, 3.05) is 24.3 Å². The maximum Gasteiger partial charge on any atom is 0.450 e. The van der Waals surface area contributed by atoms with Gasteiger partial charge in [0.1, 0.15) is 11.4 Å². The summed E-state index contributed by atoms with van der Waals surface area (Å²) in [5.74, 6) is -3.75. The van der Waals surface area contributed by atoms with Gasteiger partial charge < -0.3 is 19.4 Å². The number of amides is 1. The number of nitrogens with one attached hydrogen (secondary N) is 1. The Bertz CT molecular complexity index is 1540. The van der Waals surface area contributed by atoms with Gasteiger partial charge in [0, 0.05) is 30.4 Å². The van der Waals surface area contributed by atoms with Crippen molar-refractivity contribution in [3.63, 3.8) is 0 Å². The minimum absolute atomic E-state index is 0.173. The average Bonchev–Trinajstić information content (AvgIpc) is 3.47. The highest BCUT2D eigenvalue weighted by atomic mass is 35.5. The molecule has 210 valence electrons. The first-order valence-corrected chi connectivity index (χ1v) is 12.4. The number of furan rings is 1. The SMILES string of the molecule is CN(C)c1nc(NC(=O)c2cc(-c3ccc(Cl)cc3)oc2C(F)(F)F)c(C(=O)OC(C)(C)C)n1-c1ccccc1. The zero-order valence-corrected chi connectivity index (χ0v) is 23.0. The van der Waals surface area contributed by atoms with Crippen LogP contribution in [0.4, 0.5) is 24.9 Å². The van der Waals surface area contributed by atoms with Gasteiger partial charge in [0.2, 0.25) is 11.7 Å². The van der Waals surface area contributed by atoms with E-state index in [1.165, 1.54) is 28.8 Å². The molecule has 0 spiro atoms. The fourth-order valence-corrected chi connectivity index (χ4v) is 3.96. The Hall–Kier alpha value is -4.25. The smallest absolute Gasteiger partial charge is 0.450 e. The number of halogens is 4. The van der Waals surface area contributed by atoms with E-state index in [1.807, 2.05) is 0 Å². The van der Waals surface area contributed by atoms with Crippen molar-refractivity contribution < 1.29 is 31.9 Å². The zero-order valence-electron chi connectivity index (χ0n) is 22.3. The Kier molecular flexibility index (Phi) is 7.71. The molecule has 2 aromatic heterocycles. The fourth-order valence-electron chi connectivity index (χ4n) is 3.83. The monoisotopic (exact) mass is 574 g/mol. The van der Waals surface area contributed by atoms with Crippen LogP contribution in [-0.4, -0.2) is 41.1 Å². The van der Waals surface area contributed by atoms with Crippen LogP contribution in [0, 0.1) is 0 Å². The first kappa shape index (κ1) is 28.8. The van der Waals surface area contributed by atoms with E-state index in [0.717, 1.165) is 6.07 Å². The highest BCUT2D eigenvalue weighted by molar-refractivity contribution is 6.30. The molecule has 4 rings (SSSR count). The Labute approximate surface area is 233 Å². The number of esters is 1. The maximum absolute atomic E-state index is 13.9. The molecule has 0 radical (unpaired) electrons. The Morgan fingerprint density at radius 1 is 1.02 bits per heavy atom. The predicted octanol–water partition coefficient (Wildman–Crippen LogP) is 7.08. The van der Waals surface area contributed by atoms with E-state index in [9.17, 15) is 22.8 Å². The van der Waals surface area contributed by atoms with E-state index in [1.54, 1.807) is 70.1 Å². The summed E-state index contributed by atoms with van der Waals surface area (Å²) in [7, 11) is 3.34. The third kappa shape index (κ3) is 6.15. The molecule has 0 aliphatic carbocycles. The van der Waals surface area contributed by atoms with Crippen molar-refractivity contribution >= 4 is 35.2 Å². The number of carbonyl (C=O) groups is 2. The van der Waals surface area contributed by atoms with Crippen LogP contribution >= 0.6 is 11.6 Å². The molecule has 40 heavy (non-hydrogen) atoms. The van der Waals surface area contributed by atoms with Gasteiger partial charge in [0.05, 0.1) is 5.56 Å². The van der Waals surface area contributed by atoms with Gasteiger partial charge in [-0.1, -0.05) is 29.8 Å². The maximum atomic E-state index is 13.9. The van der Waals surface area contributed by atoms with Gasteiger partial charge >= 0.3 is 12.1 Å². The molecular formula is C28H26ClF3N4O4. The van der Waals surface area contributed by atoms with Gasteiger partial charge in [-0.3, -0.25) is 9.36 Å². The summed E-state index contributed by atoms with van der Waals surface area (Å²) in [5.41, 5.74) is -1.07. The van der Waals surface area contributed by atoms with Gasteiger partial charge in [0.25, 0.3) is 5.91 Å². The number of benzene rings is 2. The minimum Gasteiger partial charge on any atom is -0.455 e. The lowest BCUT2D eigenvalue weighted by molar-refractivity contribution is -0.153. The molecule has 0 saturated carbocycles. The number of para-hydroxylation sites is 1. The summed E-state index contributed by atoms with van der Waals surface area (Å²) in [5, 5.41) is 2.77. The Morgan fingerprint density at radius 3 is 2.20 bits per heavy atom. The van der Waals surface area contributed by atoms with Crippen LogP contribution in [0.25, 0.3) is 17.0 Å². The molecule has 8 nitrogen and oxygen atoms in total. The van der Waals surface area contributed by atoms with Crippen LogP contribution in [0.15, 0.2) is 65.1 Å². The third-order valence-corrected chi connectivity index (χ3v) is 5.71. The molecule has 0 bridgehead atoms. The normalized spacial score (nSPS) is 11.8. The van der Waals surface area contributed by atoms with Crippen LogP contribution in [0.2, 0.25) is 5.02 Å². The molecule has 0 fully saturated rings. The van der Waals surface area contributed by atoms with Crippen LogP contribution in [-0.2, 0) is 10.9 Å². The molecule has 2 heterocycles. The van der Waals surface area contributed by atoms with Gasteiger partial charge in [0.15, 0.2) is 11.5 Å². The van der Waals surface area contributed by atoms with Crippen molar-refractivity contribution in [1.82, 2.24) is 9.55 Å². The van der Waals surface area contributed by atoms with Gasteiger partial charge in [-0.25, -0.2) is 4.79 Å². The third-order valence-electron chi connectivity index (χ3n) is 5.46. The molecule has 0 aliphatic rings. The molecule has 0 atom stereocenters. The largest absolute Gasteiger partial charge is 0.455 e. The summed E-state index contributed by atoms with van der Waals surface area (Å²) in [4.78, 5) is 32.8. The molecular weight excluding hydrogens is 549 g/mol. The molecule has 12 heteroatoms. The van der Waals surface area contributed by atoms with Crippen molar-refractivity contribution in [2.24, 2.45) is 0 Å². The van der Waals surface area contributed by atoms with E-state index in [4.69, 9.17) is 20.8 Å². The van der Waals surface area contributed by atoms with E-state index < -0.39 is 35.0 Å². The molecule has 0 unspecified atom stereocenters. The number of ether oxygens (including phenoxy) is 1. The molecule has 0 aliphatic heterocycles. The van der Waals surface area contributed by atoms with E-state index in [2.05, 4.69) is 10.3 Å². The lowest BCUT2D eigenvalue weighted by Crippen LogP contribution is -2.27. The van der Waals surface area contributed by atoms with Crippen molar-refractivity contribution in [3.8, 4) is 17.0 Å². The van der Waals surface area contributed by atoms with Gasteiger partial charge in [-0.2, -0.15) is 18.2 Å². The summed E-state index contributed by atoms with van der Waals surface area (Å²) in [6.45, 7) is 5.00. The molecule has 2 aromatic carbocycles. The highest BCUT2D eigenvalue weighted by Gasteiger charge is 2.41. The average molecular weight is 575 g/mol. The van der Waals surface area contributed by atoms with Gasteiger partial charge in [-0.15, -0.1) is 0 Å². The predicted molar refractivity (Wildman–Crippen MR) is 145 cm³/mol. The van der Waals surface area contributed by atoms with Crippen LogP contribution < -0.4 is 10.2 Å². The Balaban J connectivity index is 1.85. The fraction of sp³-hybridized carbons (Fsp3) is 0.250. The first-order valence-electron chi connectivity index (χ1n) is 12.0. The number of alkyl halides is 3. The number of hydrogen-bond acceptors (Lipinski definition) is 6. The van der Waals surface area contributed by atoms with Crippen LogP contribution in [0.5, 0.6) is 0 Å². The summed E-state index contributed by atoms with van der Waals surface area (Å²) >= 11 is 5.89. The van der Waals surface area contributed by atoms with Crippen molar-refractivity contribution in [3.05, 3.63) is 82.7 Å². The van der Waals surface area contributed by atoms with E-state index >= 15 is 0 Å². The number of hydrogen-bond donors (Lipinski definition) is 1. The van der Waals surface area contributed by atoms with E-state index in [-0.39, 0.29) is 28.8 Å². The number of anilines is 2. The molecule has 4 aromatic rings. The van der Waals surface area contributed by atoms with E-state index in [0.29, 0.717) is 10.7 Å². The Morgan fingerprint density at radius 2 is 1.65 bits per heavy atom. The van der Waals surface area contributed by atoms with Crippen molar-refractivity contribution in [1.29, 1.82) is 0 Å². The quantitative estimate of drug-likeness (QED) is 0.248. The summed E-state index contributed by atoms with van der Waals surface area (Å²) in [6.07, 6.45) is -4.98. The second-order valence-corrected chi connectivity index (χ2v) is 10.4. The van der Waals surface area contributed by atoms with Crippen molar-refractivity contribution in [2.45, 2.75) is 32.5 Å². The first-order chi connectivity index (χ1) is 18.7. The second-order valence-electron chi connectivity index (χ2n) is 9.99. The number of carbonyl (C=O) groups excluding carboxylic acids is 2. The van der Waals surface area contributed by atoms with Crippen LogP contribution in [0.3, 0.4) is 0 Å². The minimum atomic E-state index is -4.98. The second kappa shape index (κ2) is 10.7. The number of rotatable bonds is 6. The number of aromatic nitrogens is 2.